The average Bonchev–Trinajstić information content (AvgIpc) is 3.22. The van der Waals surface area contributed by atoms with E-state index in [2.05, 4.69) is 20.9 Å². The van der Waals surface area contributed by atoms with Crippen LogP contribution in [0.25, 0.3) is 6.08 Å². The molecule has 0 unspecified atom stereocenters. The Morgan fingerprint density at radius 1 is 1.13 bits per heavy atom. The highest BCUT2D eigenvalue weighted by molar-refractivity contribution is 9.10. The second-order valence-electron chi connectivity index (χ2n) is 8.81. The minimum atomic E-state index is -0.753. The molecule has 0 saturated carbocycles. The average molecular weight is 624 g/mol. The van der Waals surface area contributed by atoms with Gasteiger partial charge in [-0.15, -0.1) is 0 Å². The fraction of sp³-hybridized carbons (Fsp3) is 0.167. The van der Waals surface area contributed by atoms with Crippen molar-refractivity contribution in [3.63, 3.8) is 0 Å². The maximum atomic E-state index is 13.8. The van der Waals surface area contributed by atoms with E-state index >= 15 is 0 Å². The molecule has 0 aliphatic carbocycles. The molecule has 3 aromatic carbocycles. The molecular weight excluding hydrogens is 600 g/mol. The van der Waals surface area contributed by atoms with Gasteiger partial charge in [-0.1, -0.05) is 81.3 Å². The van der Waals surface area contributed by atoms with E-state index in [-0.39, 0.29) is 12.2 Å². The van der Waals surface area contributed by atoms with Gasteiger partial charge in [0.2, 0.25) is 0 Å². The summed E-state index contributed by atoms with van der Waals surface area (Å²) in [6, 6.07) is 21.9. The number of esters is 1. The number of allylic oxidation sites excluding steroid dienone is 1. The van der Waals surface area contributed by atoms with Crippen LogP contribution in [0.5, 0.6) is 5.75 Å². The molecule has 1 aliphatic rings. The number of rotatable bonds is 7. The van der Waals surface area contributed by atoms with Gasteiger partial charge in [0.25, 0.3) is 5.56 Å². The van der Waals surface area contributed by atoms with Crippen molar-refractivity contribution in [2.45, 2.75) is 26.5 Å². The van der Waals surface area contributed by atoms with Crippen LogP contribution in [-0.4, -0.2) is 17.1 Å². The first kappa shape index (κ1) is 27.1. The lowest BCUT2D eigenvalue weighted by atomic mass is 9.96. The van der Waals surface area contributed by atoms with E-state index < -0.39 is 12.0 Å². The van der Waals surface area contributed by atoms with Crippen LogP contribution in [0.15, 0.2) is 98.3 Å². The second-order valence-corrected chi connectivity index (χ2v) is 11.1. The van der Waals surface area contributed by atoms with Gasteiger partial charge in [-0.25, -0.2) is 9.79 Å². The number of carbonyl (C=O) groups is 1. The second kappa shape index (κ2) is 11.7. The maximum absolute atomic E-state index is 13.8. The zero-order chi connectivity index (χ0) is 27.5. The van der Waals surface area contributed by atoms with Crippen molar-refractivity contribution in [2.24, 2.45) is 4.99 Å². The molecular formula is C30H24BrClN2O4S. The summed E-state index contributed by atoms with van der Waals surface area (Å²) in [5.74, 6) is 0.169. The molecule has 0 amide bonds. The zero-order valence-corrected chi connectivity index (χ0v) is 24.3. The third-order valence-corrected chi connectivity index (χ3v) is 8.05. The zero-order valence-electron chi connectivity index (χ0n) is 21.2. The van der Waals surface area contributed by atoms with E-state index in [0.717, 1.165) is 15.6 Å². The van der Waals surface area contributed by atoms with E-state index in [1.807, 2.05) is 72.8 Å². The molecule has 2 heterocycles. The summed E-state index contributed by atoms with van der Waals surface area (Å²) in [6.07, 6.45) is 1.81. The molecule has 6 nitrogen and oxygen atoms in total. The maximum Gasteiger partial charge on any atom is 0.338 e. The minimum absolute atomic E-state index is 0.204. The highest BCUT2D eigenvalue weighted by Crippen LogP contribution is 2.34. The summed E-state index contributed by atoms with van der Waals surface area (Å²) < 4.78 is 14.3. The van der Waals surface area contributed by atoms with Crippen LogP contribution < -0.4 is 19.6 Å². The van der Waals surface area contributed by atoms with Gasteiger partial charge < -0.3 is 9.47 Å². The van der Waals surface area contributed by atoms with Crippen LogP contribution in [0.4, 0.5) is 0 Å². The Hall–Kier alpha value is -3.46. The van der Waals surface area contributed by atoms with E-state index in [1.54, 1.807) is 19.9 Å². The van der Waals surface area contributed by atoms with E-state index in [4.69, 9.17) is 21.1 Å². The Kier molecular flexibility index (Phi) is 8.16. The molecule has 39 heavy (non-hydrogen) atoms. The van der Waals surface area contributed by atoms with Gasteiger partial charge in [-0.3, -0.25) is 9.36 Å². The third kappa shape index (κ3) is 5.78. The van der Waals surface area contributed by atoms with E-state index in [1.165, 1.54) is 15.9 Å². The molecule has 0 saturated heterocycles. The summed E-state index contributed by atoms with van der Waals surface area (Å²) >= 11 is 11.3. The quantitative estimate of drug-likeness (QED) is 0.244. The monoisotopic (exact) mass is 622 g/mol. The fourth-order valence-corrected chi connectivity index (χ4v) is 5.93. The van der Waals surface area contributed by atoms with E-state index in [0.29, 0.717) is 43.5 Å². The predicted molar refractivity (Wildman–Crippen MR) is 157 cm³/mol. The van der Waals surface area contributed by atoms with Gasteiger partial charge >= 0.3 is 5.97 Å². The number of hydrogen-bond donors (Lipinski definition) is 0. The number of halogens is 2. The van der Waals surface area contributed by atoms with Crippen molar-refractivity contribution in [1.82, 2.24) is 4.57 Å². The van der Waals surface area contributed by atoms with Crippen LogP contribution in [0.1, 0.15) is 36.6 Å². The van der Waals surface area contributed by atoms with Crippen LogP contribution in [0.2, 0.25) is 5.02 Å². The number of thiazole rings is 1. The number of ether oxygens (including phenoxy) is 2. The highest BCUT2D eigenvalue weighted by Gasteiger charge is 2.34. The molecule has 0 fully saturated rings. The molecule has 0 radical (unpaired) electrons. The Balaban J connectivity index is 1.55. The number of fused-ring (bicyclic) bond motifs is 1. The van der Waals surface area contributed by atoms with Crippen LogP contribution >= 0.6 is 38.9 Å². The smallest absolute Gasteiger partial charge is 0.338 e. The molecule has 1 aromatic heterocycles. The molecule has 9 heteroatoms. The van der Waals surface area contributed by atoms with Gasteiger partial charge in [-0.2, -0.15) is 0 Å². The van der Waals surface area contributed by atoms with Crippen molar-refractivity contribution in [2.75, 3.05) is 6.61 Å². The standard InChI is InChI=1S/C30H24BrClN2O4S/c1-3-37-29(36)26-18(2)33-30-34(27(26)23-9-4-5-10-24(23)32)28(35)25(39-30)16-20-7-6-8-22(15-20)38-17-19-11-13-21(31)14-12-19/h4-16,27H,3,17H2,1-2H3/b25-16-/t27-/m1/s1. The summed E-state index contributed by atoms with van der Waals surface area (Å²) in [5, 5.41) is 0.448. The number of hydrogen-bond acceptors (Lipinski definition) is 6. The third-order valence-electron chi connectivity index (χ3n) is 6.19. The first-order valence-electron chi connectivity index (χ1n) is 12.3. The van der Waals surface area contributed by atoms with Gasteiger partial charge in [0.05, 0.1) is 22.4 Å². The number of aromatic nitrogens is 1. The van der Waals surface area contributed by atoms with Crippen molar-refractivity contribution in [3.05, 3.63) is 130 Å². The Labute approximate surface area is 242 Å². The molecule has 5 rings (SSSR count). The summed E-state index contributed by atoms with van der Waals surface area (Å²) in [7, 11) is 0. The first-order valence-corrected chi connectivity index (χ1v) is 14.3. The summed E-state index contributed by atoms with van der Waals surface area (Å²) in [6.45, 7) is 4.12. The molecule has 1 aliphatic heterocycles. The lowest BCUT2D eigenvalue weighted by Gasteiger charge is -2.25. The van der Waals surface area contributed by atoms with Crippen molar-refractivity contribution in [3.8, 4) is 5.75 Å². The Morgan fingerprint density at radius 2 is 1.90 bits per heavy atom. The normalized spacial score (nSPS) is 15.1. The number of carbonyl (C=O) groups excluding carboxylic acids is 1. The SMILES string of the molecule is CCOC(=O)C1=C(C)N=c2s/c(=C\c3cccc(OCc4ccc(Br)cc4)c3)c(=O)n2[C@@H]1c1ccccc1Cl. The lowest BCUT2D eigenvalue weighted by molar-refractivity contribution is -0.139. The molecule has 0 bridgehead atoms. The van der Waals surface area contributed by atoms with Crippen molar-refractivity contribution >= 4 is 50.9 Å². The summed E-state index contributed by atoms with van der Waals surface area (Å²) in [5.41, 5.74) is 3.02. The molecule has 0 N–H and O–H groups in total. The van der Waals surface area contributed by atoms with Crippen LogP contribution in [0, 0.1) is 0 Å². The molecule has 1 atom stereocenters. The van der Waals surface area contributed by atoms with Gasteiger partial charge in [0.1, 0.15) is 18.4 Å². The number of nitrogens with zero attached hydrogens (tertiary/aromatic N) is 2. The molecule has 0 spiro atoms. The fourth-order valence-electron chi connectivity index (χ4n) is 4.38. The Bertz CT molecular complexity index is 1760. The van der Waals surface area contributed by atoms with Crippen LogP contribution in [0.3, 0.4) is 0 Å². The molecule has 4 aromatic rings. The van der Waals surface area contributed by atoms with Crippen molar-refractivity contribution in [1.29, 1.82) is 0 Å². The van der Waals surface area contributed by atoms with Crippen LogP contribution in [-0.2, 0) is 16.1 Å². The topological polar surface area (TPSA) is 69.9 Å². The van der Waals surface area contributed by atoms with Gasteiger partial charge in [0.15, 0.2) is 4.80 Å². The van der Waals surface area contributed by atoms with E-state index in [9.17, 15) is 9.59 Å². The van der Waals surface area contributed by atoms with Crippen molar-refractivity contribution < 1.29 is 14.3 Å². The lowest BCUT2D eigenvalue weighted by Crippen LogP contribution is -2.40. The minimum Gasteiger partial charge on any atom is -0.489 e. The van der Waals surface area contributed by atoms with Gasteiger partial charge in [0, 0.05) is 9.50 Å². The number of benzene rings is 3. The Morgan fingerprint density at radius 3 is 2.64 bits per heavy atom. The molecule has 198 valence electrons. The first-order chi connectivity index (χ1) is 18.9. The van der Waals surface area contributed by atoms with Gasteiger partial charge in [-0.05, 0) is 66.9 Å². The predicted octanol–water partition coefficient (Wildman–Crippen LogP) is 5.79. The highest BCUT2D eigenvalue weighted by atomic mass is 79.9. The summed E-state index contributed by atoms with van der Waals surface area (Å²) in [4.78, 5) is 31.9. The largest absolute Gasteiger partial charge is 0.489 e.